The maximum absolute atomic E-state index is 13.6. The Labute approximate surface area is 790 Å². The van der Waals surface area contributed by atoms with Crippen molar-refractivity contribution in [2.75, 3.05) is 162 Å². The molecule has 5 aromatic heterocycles. The van der Waals surface area contributed by atoms with Crippen LogP contribution in [0.5, 0.6) is 11.5 Å². The van der Waals surface area contributed by atoms with Crippen molar-refractivity contribution in [2.24, 2.45) is 0 Å². The number of nitrogens with one attached hydrogen (secondary N) is 4. The predicted molar refractivity (Wildman–Crippen MR) is 513 cm³/mol. The number of aromatic nitrogens is 9. The monoisotopic (exact) mass is 1910 g/mol. The number of methoxy groups -OCH3 is 6. The molecule has 4 fully saturated rings. The minimum atomic E-state index is -0.431. The van der Waals surface area contributed by atoms with Crippen LogP contribution in [0.3, 0.4) is 0 Å². The number of amides is 4. The second kappa shape index (κ2) is 49.1. The summed E-state index contributed by atoms with van der Waals surface area (Å²) in [6, 6.07) is 17.2. The van der Waals surface area contributed by atoms with Crippen LogP contribution in [0.15, 0.2) is 86.0 Å². The molecule has 8 atom stereocenters. The highest BCUT2D eigenvalue weighted by atomic mass is 35.5. The zero-order valence-electron chi connectivity index (χ0n) is 79.2. The number of benzene rings is 3. The molecule has 4 N–H and O–H groups in total. The predicted octanol–water partition coefficient (Wildman–Crippen LogP) is 13.4. The molecule has 0 saturated carbocycles. The number of rotatable bonds is 31. The number of nitrogens with zero attached hydrogens (tertiary/aromatic N) is 14. The second-order valence-corrected chi connectivity index (χ2v) is 32.8. The molecule has 720 valence electrons. The third-order valence-corrected chi connectivity index (χ3v) is 24.2. The highest BCUT2D eigenvalue weighted by molar-refractivity contribution is 6.36. The first-order chi connectivity index (χ1) is 63.3. The number of likely N-dealkylation sites (tertiary alicyclic amines) is 4. The van der Waals surface area contributed by atoms with Gasteiger partial charge in [0.05, 0.1) is 161 Å². The summed E-state index contributed by atoms with van der Waals surface area (Å²) in [5.74, 6) is 3.48. The molecular weight excluding hydrogens is 1790 g/mol. The molecule has 36 nitrogen and oxygen atoms in total. The van der Waals surface area contributed by atoms with Gasteiger partial charge in [-0.05, 0) is 154 Å². The van der Waals surface area contributed by atoms with Crippen molar-refractivity contribution in [3.05, 3.63) is 157 Å². The van der Waals surface area contributed by atoms with E-state index in [2.05, 4.69) is 26.3 Å². The maximum atomic E-state index is 13.6. The van der Waals surface area contributed by atoms with Crippen LogP contribution in [0, 0.1) is 6.92 Å². The first-order valence-corrected chi connectivity index (χ1v) is 46.0. The summed E-state index contributed by atoms with van der Waals surface area (Å²) in [6.45, 7) is 31.6. The third kappa shape index (κ3) is 24.3. The number of anilines is 5. The smallest absolute Gasteiger partial charge is 0.409 e. The van der Waals surface area contributed by atoms with E-state index in [1.807, 2.05) is 145 Å². The Bertz CT molecular complexity index is 5420. The van der Waals surface area contributed by atoms with Crippen LogP contribution in [0.4, 0.5) is 47.6 Å². The minimum absolute atomic E-state index is 0.138. The van der Waals surface area contributed by atoms with Gasteiger partial charge in [-0.1, -0.05) is 74.1 Å². The van der Waals surface area contributed by atoms with Crippen LogP contribution in [0.2, 0.25) is 20.2 Å². The molecule has 4 aliphatic heterocycles. The van der Waals surface area contributed by atoms with Gasteiger partial charge in [-0.2, -0.15) is 0 Å². The van der Waals surface area contributed by atoms with E-state index < -0.39 is 24.4 Å². The summed E-state index contributed by atoms with van der Waals surface area (Å²) in [5.41, 5.74) is 8.20. The lowest BCUT2D eigenvalue weighted by atomic mass is 10.1. The van der Waals surface area contributed by atoms with Crippen molar-refractivity contribution >= 4 is 99.2 Å². The van der Waals surface area contributed by atoms with Gasteiger partial charge >= 0.3 is 24.4 Å². The van der Waals surface area contributed by atoms with Crippen LogP contribution in [0.25, 0.3) is 45.6 Å². The highest BCUT2D eigenvalue weighted by Crippen LogP contribution is 2.37. The Hall–Kier alpha value is -11.0. The first kappa shape index (κ1) is 105. The van der Waals surface area contributed by atoms with Gasteiger partial charge in [0, 0.05) is 121 Å². The Morgan fingerprint density at radius 2 is 0.659 bits per heavy atom. The largest absolute Gasteiger partial charge is 0.497 e. The number of carbonyl (C=O) groups is 4. The highest BCUT2D eigenvalue weighted by Gasteiger charge is 2.42. The Morgan fingerprint density at radius 3 is 0.917 bits per heavy atom. The lowest BCUT2D eigenvalue weighted by Gasteiger charge is -2.23. The zero-order valence-corrected chi connectivity index (χ0v) is 82.3. The first-order valence-electron chi connectivity index (χ1n) is 44.5. The molecular formula is C92H126Cl4N18O18. The molecule has 3 aromatic carbocycles. The molecule has 0 aliphatic carbocycles. The quantitative estimate of drug-likeness (QED) is 0.0232. The standard InChI is InChI=1S/C24H34ClN5O4.C24H34N4O5.C23H31ClN4O5.C21H27Cl2N5O4/c1-7-18-21(26-19-13-29(24(32)33-6)14-20(19)34-9-3)23(31)30(8-2)22(27-18)16-11-10-15(28(4)5)12-17(16)25;1-7-18-21(25-19-13-27(24(30)32-6)14-20(19)33-9-3)23(29)28(8-2)22(26-18)17-11-10-16(31-5)12-15(17)4;1-6-17-20(25-18-12-27(23(30)32-5)13-19(18)33-8-3)22(29)28(7-2)21(26-17)15-10-9-14(31-4)11-16(15)24;1-5-14-18(25-15-10-27(21(30)31-4)11-16(15)32-7-3)20(29)28(6-2)19(26-14)12-9-24-17(23)8-13(12)22/h10-12,19-20,26H,7-9,13-14H2,1-6H3;10-12,19-20,25H,7-9,13-14H2,1-6H3;9-11,18-19,25H,6-8,12-13H2,1-5H3;8-9,15-16,25H,5-7,10-11H2,1-4H3/t2*19?,20-;18?,19-;15?,16-/m0000/s1. The fourth-order valence-electron chi connectivity index (χ4n) is 16.4. The SMILES string of the molecule is CCO[C@H]1CN(C(=O)OC)CC1Nc1c(CC)nc(-c2ccc(N(C)C)cc2Cl)n(CC)c1=O.CCO[C@H]1CN(C(=O)OC)CC1Nc1c(CC)nc(-c2ccc(OC)cc2C)n(CC)c1=O.CCO[C@H]1CN(C(=O)OC)CC1Nc1c(CC)nc(-c2ccc(OC)cc2Cl)n(CC)c1=O.CCO[C@H]1CN(C(=O)OC)CC1Nc1c(CC)nc(-c2cnc(Cl)cc2Cl)n(CC)c1=O. The Morgan fingerprint density at radius 1 is 0.379 bits per heavy atom. The number of aryl methyl sites for hydroxylation is 5. The number of pyridine rings is 1. The van der Waals surface area contributed by atoms with E-state index in [0.717, 1.165) is 22.6 Å². The van der Waals surface area contributed by atoms with Gasteiger partial charge in [0.1, 0.15) is 62.7 Å². The average Bonchev–Trinajstić information content (AvgIpc) is 1.16. The van der Waals surface area contributed by atoms with Gasteiger partial charge in [-0.15, -0.1) is 0 Å². The van der Waals surface area contributed by atoms with E-state index in [0.29, 0.717) is 237 Å². The lowest BCUT2D eigenvalue weighted by molar-refractivity contribution is 0.0614. The summed E-state index contributed by atoms with van der Waals surface area (Å²) in [5, 5.41) is 15.0. The normalized spacial score (nSPS) is 17.9. The molecule has 4 amide bonds. The molecule has 9 heterocycles. The van der Waals surface area contributed by atoms with Gasteiger partial charge < -0.3 is 93.1 Å². The molecule has 0 bridgehead atoms. The fraction of sp³-hybridized carbons (Fsp3) is 0.533. The molecule has 4 aliphatic rings. The van der Waals surface area contributed by atoms with Crippen molar-refractivity contribution < 1.29 is 66.5 Å². The summed E-state index contributed by atoms with van der Waals surface area (Å²) < 4.78 is 59.8. The van der Waals surface area contributed by atoms with Crippen molar-refractivity contribution in [3.63, 3.8) is 0 Å². The van der Waals surface area contributed by atoms with Crippen LogP contribution in [0.1, 0.15) is 111 Å². The Balaban J connectivity index is 0.000000198. The van der Waals surface area contributed by atoms with Crippen molar-refractivity contribution in [1.29, 1.82) is 0 Å². The van der Waals surface area contributed by atoms with Crippen LogP contribution >= 0.6 is 46.4 Å². The summed E-state index contributed by atoms with van der Waals surface area (Å²) in [4.78, 5) is 134. The summed E-state index contributed by atoms with van der Waals surface area (Å²) in [7, 11) is 12.5. The minimum Gasteiger partial charge on any atom is -0.497 e. The molecule has 8 aromatic rings. The number of halogens is 4. The van der Waals surface area contributed by atoms with E-state index in [1.54, 1.807) is 70.3 Å². The zero-order chi connectivity index (χ0) is 96.6. The lowest BCUT2D eigenvalue weighted by Crippen LogP contribution is -2.38. The molecule has 4 saturated heterocycles. The van der Waals surface area contributed by atoms with Crippen LogP contribution in [-0.4, -0.2) is 271 Å². The van der Waals surface area contributed by atoms with E-state index in [-0.39, 0.29) is 76.0 Å². The molecule has 0 radical (unpaired) electrons. The fourth-order valence-corrected chi connectivity index (χ4v) is 17.3. The number of hydrogen-bond donors (Lipinski definition) is 4. The van der Waals surface area contributed by atoms with Gasteiger partial charge in [-0.3, -0.25) is 37.4 Å². The van der Waals surface area contributed by atoms with Crippen molar-refractivity contribution in [2.45, 2.75) is 190 Å². The van der Waals surface area contributed by atoms with Crippen molar-refractivity contribution in [3.8, 4) is 57.1 Å². The van der Waals surface area contributed by atoms with E-state index in [1.165, 1.54) is 40.7 Å². The topological polar surface area (TPSA) is 377 Å². The maximum Gasteiger partial charge on any atom is 0.409 e. The average molecular weight is 1910 g/mol. The van der Waals surface area contributed by atoms with E-state index >= 15 is 0 Å². The van der Waals surface area contributed by atoms with Gasteiger partial charge in [0.15, 0.2) is 0 Å². The summed E-state index contributed by atoms with van der Waals surface area (Å²) >= 11 is 25.4. The molecule has 4 unspecified atom stereocenters. The molecule has 40 heteroatoms. The van der Waals surface area contributed by atoms with Crippen LogP contribution < -0.4 is 57.9 Å². The third-order valence-electron chi connectivity index (χ3n) is 23.1. The number of hydrogen-bond acceptors (Lipinski definition) is 28. The van der Waals surface area contributed by atoms with Crippen LogP contribution in [-0.2, 0) is 89.8 Å². The van der Waals surface area contributed by atoms with E-state index in [4.69, 9.17) is 114 Å². The number of carbonyl (C=O) groups excluding carboxylic acids is 4. The molecule has 12 rings (SSSR count). The number of ether oxygens (including phenoxy) is 10. The molecule has 132 heavy (non-hydrogen) atoms. The summed E-state index contributed by atoms with van der Waals surface area (Å²) in [6.07, 6.45) is 0.940. The van der Waals surface area contributed by atoms with Crippen molar-refractivity contribution in [1.82, 2.24) is 62.8 Å². The van der Waals surface area contributed by atoms with Gasteiger partial charge in [0.2, 0.25) is 0 Å². The Kier molecular flexibility index (Phi) is 39.0. The second-order valence-electron chi connectivity index (χ2n) is 31.2. The van der Waals surface area contributed by atoms with Gasteiger partial charge in [-0.25, -0.2) is 44.1 Å². The van der Waals surface area contributed by atoms with E-state index in [9.17, 15) is 38.4 Å². The van der Waals surface area contributed by atoms with Gasteiger partial charge in [0.25, 0.3) is 22.2 Å². The molecule has 0 spiro atoms.